The van der Waals surface area contributed by atoms with E-state index in [1.165, 1.54) is 120 Å². The largest absolute Gasteiger partial charge is 0.397 e. The van der Waals surface area contributed by atoms with Gasteiger partial charge in [0, 0.05) is 9.46 Å². The number of aliphatic hydroxyl groups excluding tert-OH is 1. The summed E-state index contributed by atoms with van der Waals surface area (Å²) in [6.45, 7) is 73.9. The molecule has 0 saturated carbocycles. The van der Waals surface area contributed by atoms with Crippen LogP contribution in [0, 0.1) is 29.6 Å². The molecule has 0 fully saturated rings. The maximum atomic E-state index is 8.00. The maximum Gasteiger partial charge on any atom is 0.106 e. The van der Waals surface area contributed by atoms with Crippen LogP contribution in [-0.4, -0.2) is 136 Å². The van der Waals surface area contributed by atoms with E-state index in [0.29, 0.717) is 0 Å². The lowest BCUT2D eigenvalue weighted by Crippen LogP contribution is -1.77. The number of carbonyl (C=O) groups is 11. The minimum atomic E-state index is 0. The Labute approximate surface area is 521 Å². The normalized spacial score (nSPS) is 5.37. The minimum absolute atomic E-state index is 0. The van der Waals surface area contributed by atoms with Crippen molar-refractivity contribution in [2.24, 2.45) is 69.7 Å². The van der Waals surface area contributed by atoms with Crippen molar-refractivity contribution in [1.29, 1.82) is 0 Å². The average molecular weight is 1230 g/mol. The summed E-state index contributed by atoms with van der Waals surface area (Å²) in [5.74, 6) is 4.42. The van der Waals surface area contributed by atoms with Gasteiger partial charge in [-0.1, -0.05) is 230 Å². The Balaban J connectivity index is -0.00000000976. The standard InChI is InChI=1S/C7H16.5C5H12.C3H8.C2H6O.2C2H6.7CH5N.11CH2O.4H3N.2H2/c1-3-5-7-6-4-2;5*1-4-5(2)3;1-3-2;1-2-3;20*1-2;;;;;;/h3-7H2,1-2H3;5*5H,4H2,1-3H3;3H2,1-2H3;3H,2H2,1H3;2*1-2H3;7*2H2,1H3;11*1H2;4*1H3;2*1H. The van der Waals surface area contributed by atoms with E-state index in [1.807, 2.05) is 102 Å². The molecule has 0 radical (unpaired) electrons. The smallest absolute Gasteiger partial charge is 0.106 e. The summed E-state index contributed by atoms with van der Waals surface area (Å²) in [6, 6.07) is 0. The van der Waals surface area contributed by atoms with Crippen LogP contribution in [0.5, 0.6) is 0 Å². The van der Waals surface area contributed by atoms with Gasteiger partial charge in [-0.3, -0.25) is 0 Å². The Hall–Kier alpha value is -4.11. The van der Waals surface area contributed by atoms with Crippen molar-refractivity contribution in [2.45, 2.75) is 237 Å². The van der Waals surface area contributed by atoms with E-state index in [1.54, 1.807) is 6.92 Å². The van der Waals surface area contributed by atoms with Crippen LogP contribution < -0.4 is 64.7 Å². The van der Waals surface area contributed by atoms with Gasteiger partial charge in [-0.05, 0) is 85.8 Å². The van der Waals surface area contributed by atoms with E-state index in [0.717, 1.165) is 29.6 Å². The number of hydrogen-bond acceptors (Lipinski definition) is 23. The van der Waals surface area contributed by atoms with Gasteiger partial charge in [-0.15, -0.1) is 0 Å². The van der Waals surface area contributed by atoms with Crippen molar-refractivity contribution < 1.29 is 60.7 Å². The summed E-state index contributed by atoms with van der Waals surface area (Å²) in [5.41, 5.74) is 31.5. The quantitative estimate of drug-likeness (QED) is 0.0954. The third kappa shape index (κ3) is 4350. The van der Waals surface area contributed by atoms with Crippen LogP contribution in [0.1, 0.15) is 240 Å². The number of carbonyl (C=O) groups excluding carboxylic acids is 11. The molecule has 0 aromatic rings. The predicted octanol–water partition coefficient (Wildman–Crippen LogP) is 12.8. The van der Waals surface area contributed by atoms with Crippen molar-refractivity contribution in [3.63, 3.8) is 0 Å². The second-order valence-corrected chi connectivity index (χ2v) is 12.1. The molecule has 0 aliphatic rings. The molecule has 0 rings (SSSR count). The fraction of sp³-hybridized carbons (Fsp3) is 0.814. The van der Waals surface area contributed by atoms with E-state index in [-0.39, 0.29) is 34.1 Å². The van der Waals surface area contributed by atoms with Gasteiger partial charge in [0.1, 0.15) is 74.7 Å². The molecule has 0 spiro atoms. The van der Waals surface area contributed by atoms with E-state index >= 15 is 0 Å². The monoisotopic (exact) mass is 1230 g/mol. The fourth-order valence-corrected chi connectivity index (χ4v) is 0.677. The SMILES string of the molecule is C=O.C=O.C=O.C=O.C=O.C=O.C=O.C=O.C=O.C=O.C=O.CC.CC.CCC.CCC(C)C.CCC(C)C.CCC(C)C.CCC(C)C.CCC(C)C.CCCCCCC.CCO.CN.CN.CN.CN.CN.CN.CN.N.N.N.N.[HH].[HH]. The van der Waals surface area contributed by atoms with E-state index in [4.69, 9.17) is 57.8 Å². The second-order valence-electron chi connectivity index (χ2n) is 12.1. The third-order valence-corrected chi connectivity index (χ3v) is 5.29. The molecule has 0 heterocycles. The van der Waals surface area contributed by atoms with Crippen LogP contribution in [0.15, 0.2) is 0 Å². The highest BCUT2D eigenvalue weighted by Gasteiger charge is 1.82. The average Bonchev–Trinajstić information content (AvgIpc) is 3.56. The highest BCUT2D eigenvalue weighted by Crippen LogP contribution is 2.00. The van der Waals surface area contributed by atoms with Gasteiger partial charge in [-0.25, -0.2) is 0 Å². The van der Waals surface area contributed by atoms with Crippen molar-refractivity contribution in [3.05, 3.63) is 0 Å². The van der Waals surface area contributed by atoms with Gasteiger partial charge in [-0.2, -0.15) is 0 Å². The summed E-state index contributed by atoms with van der Waals surface area (Å²) in [7, 11) is 10.5. The maximum absolute atomic E-state index is 8.00. The molecule has 0 saturated heterocycles. The van der Waals surface area contributed by atoms with E-state index in [9.17, 15) is 0 Å². The topological polar surface area (TPSA) is 530 Å². The number of unbranched alkanes of at least 4 members (excludes halogenated alkanes) is 4. The first-order chi connectivity index (χ1) is 37.6. The first kappa shape index (κ1) is 219. The van der Waals surface area contributed by atoms with Gasteiger partial charge in [0.15, 0.2) is 0 Å². The molecule has 0 unspecified atom stereocenters. The van der Waals surface area contributed by atoms with Crippen LogP contribution >= 0.6 is 0 Å². The lowest BCUT2D eigenvalue weighted by atomic mass is 10.2. The molecule has 23 nitrogen and oxygen atoms in total. The van der Waals surface area contributed by atoms with Crippen LogP contribution in [0.2, 0.25) is 0 Å². The van der Waals surface area contributed by atoms with Gasteiger partial charge >= 0.3 is 0 Å². The highest BCUT2D eigenvalue weighted by atomic mass is 16.2. The second kappa shape index (κ2) is 845. The molecule has 82 heavy (non-hydrogen) atoms. The predicted molar refractivity (Wildman–Crippen MR) is 385 cm³/mol. The summed E-state index contributed by atoms with van der Waals surface area (Å²) in [6.07, 6.45) is 14.8. The van der Waals surface area contributed by atoms with Crippen LogP contribution in [0.3, 0.4) is 0 Å². The highest BCUT2D eigenvalue weighted by molar-refractivity contribution is 5.12. The molecule has 0 bridgehead atoms. The minimum Gasteiger partial charge on any atom is -0.397 e. The first-order valence-corrected chi connectivity index (χ1v) is 26.4. The molecule has 0 amide bonds. The molecule has 27 N–H and O–H groups in total. The van der Waals surface area contributed by atoms with Gasteiger partial charge in [0.2, 0.25) is 0 Å². The van der Waals surface area contributed by atoms with E-state index < -0.39 is 0 Å². The fourth-order valence-electron chi connectivity index (χ4n) is 0.677. The lowest BCUT2D eigenvalue weighted by molar-refractivity contribution is -0.0987. The Morgan fingerprint density at radius 3 is 0.329 bits per heavy atom. The van der Waals surface area contributed by atoms with Crippen LogP contribution in [-0.2, 0) is 52.7 Å². The van der Waals surface area contributed by atoms with Crippen molar-refractivity contribution in [1.82, 2.24) is 24.6 Å². The Kier molecular flexibility index (Phi) is 2250. The number of hydrogen-bond donors (Lipinski definition) is 12. The van der Waals surface area contributed by atoms with E-state index in [2.05, 4.69) is 172 Å². The lowest BCUT2D eigenvalue weighted by Gasteiger charge is -1.90. The first-order valence-electron chi connectivity index (χ1n) is 26.4. The van der Waals surface area contributed by atoms with Crippen molar-refractivity contribution >= 4 is 74.7 Å². The summed E-state index contributed by atoms with van der Waals surface area (Å²) < 4.78 is 0. The molecule has 0 aliphatic heterocycles. The summed E-state index contributed by atoms with van der Waals surface area (Å²) >= 11 is 0. The van der Waals surface area contributed by atoms with Gasteiger partial charge in [0.05, 0.1) is 0 Å². The zero-order chi connectivity index (χ0) is 72.4. The molecule has 538 valence electrons. The van der Waals surface area contributed by atoms with Crippen molar-refractivity contribution in [2.75, 3.05) is 55.9 Å². The molecule has 0 aliphatic carbocycles. The Morgan fingerprint density at radius 2 is 0.305 bits per heavy atom. The molecule has 0 atom stereocenters. The number of rotatable bonds is 9. The molecular formula is C59H175N11O12. The molecule has 23 heteroatoms. The van der Waals surface area contributed by atoms with Gasteiger partial charge < -0.3 is 123 Å². The third-order valence-electron chi connectivity index (χ3n) is 5.29. The molecule has 0 aromatic carbocycles. The summed E-state index contributed by atoms with van der Waals surface area (Å²) in [4.78, 5) is 88.0. The van der Waals surface area contributed by atoms with Crippen LogP contribution in [0.25, 0.3) is 0 Å². The zero-order valence-electron chi connectivity index (χ0n) is 62.0. The number of aliphatic hydroxyl groups is 1. The zero-order valence-corrected chi connectivity index (χ0v) is 62.0. The van der Waals surface area contributed by atoms with Crippen LogP contribution in [0.4, 0.5) is 0 Å². The molecular weight excluding hydrogens is 1050 g/mol. The van der Waals surface area contributed by atoms with Gasteiger partial charge in [0.25, 0.3) is 0 Å². The Morgan fingerprint density at radius 1 is 0.256 bits per heavy atom. The summed E-state index contributed by atoms with van der Waals surface area (Å²) in [5, 5.41) is 7.57. The number of nitrogens with two attached hydrogens (primary N) is 7. The van der Waals surface area contributed by atoms with Crippen molar-refractivity contribution in [3.8, 4) is 0 Å². The molecule has 0 aromatic heterocycles. The Bertz CT molecular complexity index is 405.